The summed E-state index contributed by atoms with van der Waals surface area (Å²) in [6.45, 7) is 4.34. The van der Waals surface area contributed by atoms with Crippen molar-refractivity contribution in [2.75, 3.05) is 6.54 Å². The Labute approximate surface area is 116 Å². The van der Waals surface area contributed by atoms with Crippen molar-refractivity contribution in [3.8, 4) is 0 Å². The van der Waals surface area contributed by atoms with Crippen molar-refractivity contribution >= 4 is 0 Å². The van der Waals surface area contributed by atoms with Crippen LogP contribution in [0.2, 0.25) is 0 Å². The summed E-state index contributed by atoms with van der Waals surface area (Å²) in [5, 5.41) is 0. The molecule has 1 aromatic heterocycles. The van der Waals surface area contributed by atoms with Crippen LogP contribution in [-0.2, 0) is 12.8 Å². The Morgan fingerprint density at radius 1 is 1.00 bits per heavy atom. The van der Waals surface area contributed by atoms with Gasteiger partial charge in [0.2, 0.25) is 0 Å². The molecule has 0 bridgehead atoms. The predicted molar refractivity (Wildman–Crippen MR) is 73.4 cm³/mol. The molecule has 0 saturated heterocycles. The monoisotopic (exact) mass is 277 g/mol. The summed E-state index contributed by atoms with van der Waals surface area (Å²) < 4.78 is 26.3. The van der Waals surface area contributed by atoms with Gasteiger partial charge in [-0.05, 0) is 50.1 Å². The number of hydrogen-bond acceptors (Lipinski definition) is 3. The smallest absolute Gasteiger partial charge is 0.133 e. The van der Waals surface area contributed by atoms with Crippen molar-refractivity contribution < 1.29 is 8.78 Å². The van der Waals surface area contributed by atoms with E-state index in [0.717, 1.165) is 29.4 Å². The predicted octanol–water partition coefficient (Wildman–Crippen LogP) is 2.46. The molecule has 5 heteroatoms. The minimum absolute atomic E-state index is 0.305. The highest BCUT2D eigenvalue weighted by Crippen LogP contribution is 2.15. The Bertz CT molecular complexity index is 583. The van der Waals surface area contributed by atoms with Crippen LogP contribution in [-0.4, -0.2) is 16.5 Å². The summed E-state index contributed by atoms with van der Waals surface area (Å²) in [5.74, 6) is -0.618. The van der Waals surface area contributed by atoms with E-state index in [2.05, 4.69) is 9.97 Å². The molecule has 0 aliphatic rings. The Morgan fingerprint density at radius 3 is 2.05 bits per heavy atom. The molecule has 1 heterocycles. The van der Waals surface area contributed by atoms with E-state index in [-0.39, 0.29) is 0 Å². The number of nitrogens with zero attached hydrogens (tertiary/aromatic N) is 2. The molecular weight excluding hydrogens is 260 g/mol. The van der Waals surface area contributed by atoms with E-state index in [1.165, 1.54) is 12.1 Å². The second-order valence-electron chi connectivity index (χ2n) is 4.78. The standard InChI is InChI=1S/C15H17F2N3/c1-9-14(3-4-18)10(2)20-15(19-9)7-11-5-12(16)8-13(17)6-11/h5-6,8H,3-4,7,18H2,1-2H3. The van der Waals surface area contributed by atoms with Crippen LogP contribution in [0.25, 0.3) is 0 Å². The summed E-state index contributed by atoms with van der Waals surface area (Å²) in [7, 11) is 0. The lowest BCUT2D eigenvalue weighted by Crippen LogP contribution is -2.10. The Morgan fingerprint density at radius 2 is 1.55 bits per heavy atom. The third-order valence-electron chi connectivity index (χ3n) is 3.15. The molecule has 0 fully saturated rings. The second-order valence-corrected chi connectivity index (χ2v) is 4.78. The van der Waals surface area contributed by atoms with Crippen LogP contribution in [0.4, 0.5) is 8.78 Å². The van der Waals surface area contributed by atoms with Gasteiger partial charge in [-0.25, -0.2) is 18.7 Å². The van der Waals surface area contributed by atoms with E-state index >= 15 is 0 Å². The van der Waals surface area contributed by atoms with E-state index in [1.807, 2.05) is 13.8 Å². The van der Waals surface area contributed by atoms with Gasteiger partial charge in [0.15, 0.2) is 0 Å². The van der Waals surface area contributed by atoms with Crippen molar-refractivity contribution in [2.24, 2.45) is 5.73 Å². The number of halogens is 2. The quantitative estimate of drug-likeness (QED) is 0.934. The third kappa shape index (κ3) is 3.36. The first-order valence-corrected chi connectivity index (χ1v) is 6.47. The largest absolute Gasteiger partial charge is 0.330 e. The zero-order valence-corrected chi connectivity index (χ0v) is 11.6. The summed E-state index contributed by atoms with van der Waals surface area (Å²) >= 11 is 0. The zero-order chi connectivity index (χ0) is 14.7. The van der Waals surface area contributed by atoms with E-state index in [1.54, 1.807) is 0 Å². The molecule has 2 aromatic rings. The van der Waals surface area contributed by atoms with Gasteiger partial charge in [0, 0.05) is 23.9 Å². The van der Waals surface area contributed by atoms with Gasteiger partial charge in [-0.1, -0.05) is 0 Å². The molecule has 0 saturated carbocycles. The molecule has 0 unspecified atom stereocenters. The average molecular weight is 277 g/mol. The van der Waals surface area contributed by atoms with Gasteiger partial charge in [-0.2, -0.15) is 0 Å². The molecular formula is C15H17F2N3. The minimum atomic E-state index is -0.590. The fourth-order valence-electron chi connectivity index (χ4n) is 2.29. The highest BCUT2D eigenvalue weighted by atomic mass is 19.1. The summed E-state index contributed by atoms with van der Waals surface area (Å²) in [4.78, 5) is 8.79. The van der Waals surface area contributed by atoms with Crippen LogP contribution in [0.5, 0.6) is 0 Å². The Balaban J connectivity index is 2.30. The van der Waals surface area contributed by atoms with Gasteiger partial charge >= 0.3 is 0 Å². The highest BCUT2D eigenvalue weighted by Gasteiger charge is 2.09. The van der Waals surface area contributed by atoms with E-state index in [9.17, 15) is 8.78 Å². The van der Waals surface area contributed by atoms with Gasteiger partial charge in [0.05, 0.1) is 0 Å². The number of rotatable bonds is 4. The molecule has 2 rings (SSSR count). The van der Waals surface area contributed by atoms with Gasteiger partial charge < -0.3 is 5.73 Å². The zero-order valence-electron chi connectivity index (χ0n) is 11.6. The van der Waals surface area contributed by atoms with Crippen LogP contribution < -0.4 is 5.73 Å². The van der Waals surface area contributed by atoms with Crippen molar-refractivity contribution in [1.29, 1.82) is 0 Å². The normalized spacial score (nSPS) is 10.8. The van der Waals surface area contributed by atoms with Crippen molar-refractivity contribution in [3.05, 3.63) is 58.2 Å². The van der Waals surface area contributed by atoms with Crippen LogP contribution in [0.1, 0.15) is 28.3 Å². The third-order valence-corrected chi connectivity index (χ3v) is 3.15. The lowest BCUT2D eigenvalue weighted by Gasteiger charge is -2.10. The topological polar surface area (TPSA) is 51.8 Å². The number of nitrogens with two attached hydrogens (primary N) is 1. The van der Waals surface area contributed by atoms with Gasteiger partial charge in [0.25, 0.3) is 0 Å². The van der Waals surface area contributed by atoms with Gasteiger partial charge in [0.1, 0.15) is 17.5 Å². The van der Waals surface area contributed by atoms with Crippen LogP contribution >= 0.6 is 0 Å². The Kier molecular flexibility index (Phi) is 4.39. The number of hydrogen-bond donors (Lipinski definition) is 1. The first kappa shape index (κ1) is 14.5. The number of benzene rings is 1. The molecule has 1 aromatic carbocycles. The van der Waals surface area contributed by atoms with Crippen LogP contribution in [0.15, 0.2) is 18.2 Å². The second kappa shape index (κ2) is 6.05. The molecule has 106 valence electrons. The molecule has 3 nitrogen and oxygen atoms in total. The molecule has 20 heavy (non-hydrogen) atoms. The van der Waals surface area contributed by atoms with Crippen molar-refractivity contribution in [3.63, 3.8) is 0 Å². The molecule has 0 aliphatic heterocycles. The molecule has 0 amide bonds. The maximum atomic E-state index is 13.2. The van der Waals surface area contributed by atoms with Gasteiger partial charge in [-0.15, -0.1) is 0 Å². The molecule has 2 N–H and O–H groups in total. The fraction of sp³-hybridized carbons (Fsp3) is 0.333. The summed E-state index contributed by atoms with van der Waals surface area (Å²) in [5.41, 5.74) is 8.86. The highest BCUT2D eigenvalue weighted by molar-refractivity contribution is 5.27. The number of aryl methyl sites for hydroxylation is 2. The maximum absolute atomic E-state index is 13.2. The van der Waals surface area contributed by atoms with E-state index < -0.39 is 11.6 Å². The molecule has 0 atom stereocenters. The van der Waals surface area contributed by atoms with Crippen molar-refractivity contribution in [2.45, 2.75) is 26.7 Å². The SMILES string of the molecule is Cc1nc(Cc2cc(F)cc(F)c2)nc(C)c1CCN. The summed E-state index contributed by atoms with van der Waals surface area (Å²) in [6.07, 6.45) is 1.03. The van der Waals surface area contributed by atoms with E-state index in [0.29, 0.717) is 24.4 Å². The molecule has 0 spiro atoms. The van der Waals surface area contributed by atoms with E-state index in [4.69, 9.17) is 5.73 Å². The maximum Gasteiger partial charge on any atom is 0.133 e. The Hall–Kier alpha value is -1.88. The fourth-order valence-corrected chi connectivity index (χ4v) is 2.29. The molecule has 0 radical (unpaired) electrons. The van der Waals surface area contributed by atoms with Gasteiger partial charge in [-0.3, -0.25) is 0 Å². The summed E-state index contributed by atoms with van der Waals surface area (Å²) in [6, 6.07) is 3.45. The minimum Gasteiger partial charge on any atom is -0.330 e. The first-order valence-electron chi connectivity index (χ1n) is 6.47. The van der Waals surface area contributed by atoms with Crippen LogP contribution in [0.3, 0.4) is 0 Å². The molecule has 0 aliphatic carbocycles. The van der Waals surface area contributed by atoms with Crippen molar-refractivity contribution in [1.82, 2.24) is 9.97 Å². The first-order chi connectivity index (χ1) is 9.49. The number of aromatic nitrogens is 2. The lowest BCUT2D eigenvalue weighted by molar-refractivity contribution is 0.580. The lowest BCUT2D eigenvalue weighted by atomic mass is 10.1. The average Bonchev–Trinajstić information content (AvgIpc) is 2.32. The van der Waals surface area contributed by atoms with Crippen LogP contribution in [0, 0.1) is 25.5 Å².